The van der Waals surface area contributed by atoms with Crippen molar-refractivity contribution >= 4 is 16.8 Å². The molecule has 1 aliphatic heterocycles. The molecule has 2 aromatic heterocycles. The van der Waals surface area contributed by atoms with Crippen molar-refractivity contribution in [3.63, 3.8) is 0 Å². The van der Waals surface area contributed by atoms with Gasteiger partial charge < -0.3 is 10.4 Å². The standard InChI is InChI=1S/C28H27FN4O2/c29-24-7-4-20(5-8-24)26-9-6-23(17-30-26)28(35)32-16-22-3-1-2-21-14-19(15-31-27(21)22)18-33-12-10-25(34)11-13-33/h1-9,14-15,17,25,34H,10-13,16,18H2,(H,32,35). The van der Waals surface area contributed by atoms with Crippen LogP contribution in [-0.2, 0) is 13.1 Å². The van der Waals surface area contributed by atoms with Crippen LogP contribution in [0.1, 0.15) is 34.3 Å². The lowest BCUT2D eigenvalue weighted by Gasteiger charge is -2.29. The molecular weight excluding hydrogens is 443 g/mol. The molecule has 1 amide bonds. The number of rotatable bonds is 6. The minimum Gasteiger partial charge on any atom is -0.393 e. The van der Waals surface area contributed by atoms with Crippen LogP contribution in [0.4, 0.5) is 4.39 Å². The predicted octanol–water partition coefficient (Wildman–Crippen LogP) is 4.32. The van der Waals surface area contributed by atoms with E-state index in [0.29, 0.717) is 17.8 Å². The van der Waals surface area contributed by atoms with Gasteiger partial charge in [-0.1, -0.05) is 18.2 Å². The molecule has 1 fully saturated rings. The van der Waals surface area contributed by atoms with Crippen LogP contribution in [0.5, 0.6) is 0 Å². The summed E-state index contributed by atoms with van der Waals surface area (Å²) in [5.74, 6) is -0.518. The molecule has 0 aliphatic carbocycles. The van der Waals surface area contributed by atoms with Gasteiger partial charge in [0.15, 0.2) is 0 Å². The second kappa shape index (κ2) is 10.3. The molecule has 2 aromatic carbocycles. The number of pyridine rings is 2. The normalized spacial score (nSPS) is 14.8. The number of piperidine rings is 1. The Morgan fingerprint density at radius 1 is 1.03 bits per heavy atom. The summed E-state index contributed by atoms with van der Waals surface area (Å²) in [6, 6.07) is 17.7. The number of aromatic nitrogens is 2. The number of halogens is 1. The highest BCUT2D eigenvalue weighted by atomic mass is 19.1. The first kappa shape index (κ1) is 23.1. The first-order chi connectivity index (χ1) is 17.0. The summed E-state index contributed by atoms with van der Waals surface area (Å²) in [7, 11) is 0. The lowest BCUT2D eigenvalue weighted by atomic mass is 10.1. The number of aliphatic hydroxyl groups excluding tert-OH is 1. The Bertz CT molecular complexity index is 1320. The van der Waals surface area contributed by atoms with Crippen LogP contribution in [0.2, 0.25) is 0 Å². The van der Waals surface area contributed by atoms with E-state index in [9.17, 15) is 14.3 Å². The van der Waals surface area contributed by atoms with E-state index in [0.717, 1.165) is 60.1 Å². The van der Waals surface area contributed by atoms with E-state index in [4.69, 9.17) is 4.98 Å². The average Bonchev–Trinajstić information content (AvgIpc) is 2.89. The zero-order chi connectivity index (χ0) is 24.2. The van der Waals surface area contributed by atoms with Crippen molar-refractivity contribution in [2.24, 2.45) is 0 Å². The minimum atomic E-state index is -0.299. The Morgan fingerprint density at radius 2 is 1.83 bits per heavy atom. The number of benzene rings is 2. The topological polar surface area (TPSA) is 78.4 Å². The van der Waals surface area contributed by atoms with E-state index in [1.54, 1.807) is 24.3 Å². The van der Waals surface area contributed by atoms with Gasteiger partial charge in [0.05, 0.1) is 22.9 Å². The average molecular weight is 471 g/mol. The summed E-state index contributed by atoms with van der Waals surface area (Å²) in [4.78, 5) is 24.1. The van der Waals surface area contributed by atoms with E-state index in [1.807, 2.05) is 24.4 Å². The van der Waals surface area contributed by atoms with Crippen LogP contribution in [-0.4, -0.2) is 45.1 Å². The number of nitrogens with zero attached hydrogens (tertiary/aromatic N) is 3. The number of hydrogen-bond donors (Lipinski definition) is 2. The predicted molar refractivity (Wildman–Crippen MR) is 133 cm³/mol. The highest BCUT2D eigenvalue weighted by Gasteiger charge is 2.17. The van der Waals surface area contributed by atoms with Crippen molar-refractivity contribution in [2.75, 3.05) is 13.1 Å². The zero-order valence-corrected chi connectivity index (χ0v) is 19.3. The molecule has 0 saturated carbocycles. The van der Waals surface area contributed by atoms with Crippen LogP contribution in [0.15, 0.2) is 73.1 Å². The number of hydrogen-bond acceptors (Lipinski definition) is 5. The van der Waals surface area contributed by atoms with E-state index >= 15 is 0 Å². The number of nitrogens with one attached hydrogen (secondary N) is 1. The number of fused-ring (bicyclic) bond motifs is 1. The summed E-state index contributed by atoms with van der Waals surface area (Å²) < 4.78 is 13.1. The van der Waals surface area contributed by atoms with Crippen molar-refractivity contribution in [1.29, 1.82) is 0 Å². The van der Waals surface area contributed by atoms with Gasteiger partial charge in [-0.15, -0.1) is 0 Å². The van der Waals surface area contributed by atoms with E-state index in [1.165, 1.54) is 18.3 Å². The third-order valence-electron chi connectivity index (χ3n) is 6.42. The second-order valence-corrected chi connectivity index (χ2v) is 8.96. The zero-order valence-electron chi connectivity index (χ0n) is 19.3. The van der Waals surface area contributed by atoms with Gasteiger partial charge in [-0.05, 0) is 66.4 Å². The van der Waals surface area contributed by atoms with Crippen molar-refractivity contribution in [1.82, 2.24) is 20.2 Å². The molecule has 5 rings (SSSR count). The quantitative estimate of drug-likeness (QED) is 0.439. The second-order valence-electron chi connectivity index (χ2n) is 8.96. The molecule has 7 heteroatoms. The van der Waals surface area contributed by atoms with Crippen molar-refractivity contribution in [2.45, 2.75) is 32.0 Å². The maximum absolute atomic E-state index is 13.1. The molecule has 2 N–H and O–H groups in total. The van der Waals surface area contributed by atoms with Crippen LogP contribution in [0, 0.1) is 5.82 Å². The summed E-state index contributed by atoms with van der Waals surface area (Å²) in [5, 5.41) is 13.7. The minimum absolute atomic E-state index is 0.178. The summed E-state index contributed by atoms with van der Waals surface area (Å²) in [6.07, 6.45) is 4.88. The molecular formula is C28H27FN4O2. The highest BCUT2D eigenvalue weighted by molar-refractivity contribution is 5.94. The Balaban J connectivity index is 1.23. The molecule has 0 radical (unpaired) electrons. The van der Waals surface area contributed by atoms with Gasteiger partial charge in [0.1, 0.15) is 5.82 Å². The fourth-order valence-electron chi connectivity index (χ4n) is 4.43. The van der Waals surface area contributed by atoms with E-state index < -0.39 is 0 Å². The molecule has 0 atom stereocenters. The number of para-hydroxylation sites is 1. The number of likely N-dealkylation sites (tertiary alicyclic amines) is 1. The Kier molecular flexibility index (Phi) is 6.79. The Labute approximate surface area is 203 Å². The smallest absolute Gasteiger partial charge is 0.253 e. The highest BCUT2D eigenvalue weighted by Crippen LogP contribution is 2.21. The maximum atomic E-state index is 13.1. The van der Waals surface area contributed by atoms with Gasteiger partial charge in [0.2, 0.25) is 0 Å². The van der Waals surface area contributed by atoms with Crippen LogP contribution >= 0.6 is 0 Å². The fourth-order valence-corrected chi connectivity index (χ4v) is 4.43. The molecule has 0 unspecified atom stereocenters. The molecule has 35 heavy (non-hydrogen) atoms. The van der Waals surface area contributed by atoms with Gasteiger partial charge in [-0.2, -0.15) is 0 Å². The summed E-state index contributed by atoms with van der Waals surface area (Å²) in [6.45, 7) is 2.96. The summed E-state index contributed by atoms with van der Waals surface area (Å²) in [5.41, 5.74) is 4.88. The third kappa shape index (κ3) is 5.53. The van der Waals surface area contributed by atoms with Gasteiger partial charge >= 0.3 is 0 Å². The van der Waals surface area contributed by atoms with Crippen LogP contribution in [0.25, 0.3) is 22.2 Å². The largest absolute Gasteiger partial charge is 0.393 e. The first-order valence-corrected chi connectivity index (χ1v) is 11.8. The fraction of sp³-hybridized carbons (Fsp3) is 0.250. The van der Waals surface area contributed by atoms with Crippen molar-refractivity contribution < 1.29 is 14.3 Å². The van der Waals surface area contributed by atoms with Crippen LogP contribution in [0.3, 0.4) is 0 Å². The number of amides is 1. The monoisotopic (exact) mass is 470 g/mol. The molecule has 4 aromatic rings. The Hall–Kier alpha value is -3.68. The maximum Gasteiger partial charge on any atom is 0.253 e. The summed E-state index contributed by atoms with van der Waals surface area (Å²) >= 11 is 0. The van der Waals surface area contributed by atoms with Gasteiger partial charge in [-0.3, -0.25) is 19.7 Å². The lowest BCUT2D eigenvalue weighted by Crippen LogP contribution is -2.35. The van der Waals surface area contributed by atoms with Gasteiger partial charge in [0.25, 0.3) is 5.91 Å². The van der Waals surface area contributed by atoms with Crippen molar-refractivity contribution in [3.8, 4) is 11.3 Å². The van der Waals surface area contributed by atoms with E-state index in [2.05, 4.69) is 21.3 Å². The third-order valence-corrected chi connectivity index (χ3v) is 6.42. The van der Waals surface area contributed by atoms with E-state index in [-0.39, 0.29) is 17.8 Å². The molecule has 6 nitrogen and oxygen atoms in total. The number of carbonyl (C=O) groups is 1. The Morgan fingerprint density at radius 3 is 2.57 bits per heavy atom. The SMILES string of the molecule is O=C(NCc1cccc2cc(CN3CCC(O)CC3)cnc12)c1ccc(-c2ccc(F)cc2)nc1. The molecule has 1 aliphatic rings. The van der Waals surface area contributed by atoms with Crippen molar-refractivity contribution in [3.05, 3.63) is 95.6 Å². The molecule has 0 spiro atoms. The first-order valence-electron chi connectivity index (χ1n) is 11.8. The van der Waals surface area contributed by atoms with Gasteiger partial charge in [0, 0.05) is 49.5 Å². The lowest BCUT2D eigenvalue weighted by molar-refractivity contribution is 0.0792. The molecule has 1 saturated heterocycles. The molecule has 0 bridgehead atoms. The molecule has 3 heterocycles. The number of aliphatic hydroxyl groups is 1. The molecule has 178 valence electrons. The number of carbonyl (C=O) groups excluding carboxylic acids is 1. The van der Waals surface area contributed by atoms with Crippen LogP contribution < -0.4 is 5.32 Å². The van der Waals surface area contributed by atoms with Gasteiger partial charge in [-0.25, -0.2) is 4.39 Å².